The van der Waals surface area contributed by atoms with E-state index in [1.54, 1.807) is 24.4 Å². The Kier molecular flexibility index (Phi) is 4.35. The highest BCUT2D eigenvalue weighted by molar-refractivity contribution is 9.11. The molecule has 0 bridgehead atoms. The molecule has 0 saturated carbocycles. The van der Waals surface area contributed by atoms with Crippen LogP contribution in [0.3, 0.4) is 0 Å². The summed E-state index contributed by atoms with van der Waals surface area (Å²) >= 11 is 9.53. The van der Waals surface area contributed by atoms with Gasteiger partial charge in [0.2, 0.25) is 10.0 Å². The Balaban J connectivity index is 2.13. The van der Waals surface area contributed by atoms with E-state index in [0.717, 1.165) is 15.4 Å². The number of nitrogens with zero attached hydrogens (tertiary/aromatic N) is 1. The summed E-state index contributed by atoms with van der Waals surface area (Å²) in [5.41, 5.74) is 1.51. The van der Waals surface area contributed by atoms with Crippen LogP contribution in [0.25, 0.3) is 10.9 Å². The van der Waals surface area contributed by atoms with E-state index in [2.05, 4.69) is 20.9 Å². The predicted molar refractivity (Wildman–Crippen MR) is 97.1 cm³/mol. The number of pyridine rings is 1. The molecule has 23 heavy (non-hydrogen) atoms. The normalized spacial score (nSPS) is 21.4. The van der Waals surface area contributed by atoms with Crippen molar-refractivity contribution >= 4 is 48.5 Å². The van der Waals surface area contributed by atoms with Crippen LogP contribution in [0.2, 0.25) is 5.02 Å². The summed E-state index contributed by atoms with van der Waals surface area (Å²) in [4.78, 5) is 4.28. The summed E-state index contributed by atoms with van der Waals surface area (Å²) in [6, 6.07) is 7.29. The molecule has 3 rings (SSSR count). The van der Waals surface area contributed by atoms with Crippen molar-refractivity contribution in [3.05, 3.63) is 63.8 Å². The molecule has 1 aliphatic rings. The molecule has 2 aromatic rings. The lowest BCUT2D eigenvalue weighted by molar-refractivity contribution is 0.549. The first-order valence-corrected chi connectivity index (χ1v) is 9.63. The number of hydrogen-bond acceptors (Lipinski definition) is 3. The second-order valence-corrected chi connectivity index (χ2v) is 8.75. The summed E-state index contributed by atoms with van der Waals surface area (Å²) in [7, 11) is -3.79. The third-order valence-corrected chi connectivity index (χ3v) is 6.53. The van der Waals surface area contributed by atoms with Crippen LogP contribution in [0.5, 0.6) is 0 Å². The molecule has 0 spiro atoms. The number of rotatable bonds is 3. The summed E-state index contributed by atoms with van der Waals surface area (Å²) in [5.74, 6) is 0. The van der Waals surface area contributed by atoms with Gasteiger partial charge >= 0.3 is 0 Å². The first-order valence-electron chi connectivity index (χ1n) is 6.92. The molecule has 1 aliphatic carbocycles. The summed E-state index contributed by atoms with van der Waals surface area (Å²) in [5, 5.41) is 6.92. The molecule has 1 heterocycles. The lowest BCUT2D eigenvalue weighted by Gasteiger charge is -2.30. The topological polar surface area (TPSA) is 73.1 Å². The molecule has 7 heteroatoms. The maximum absolute atomic E-state index is 12.3. The van der Waals surface area contributed by atoms with Crippen LogP contribution in [0.4, 0.5) is 0 Å². The van der Waals surface area contributed by atoms with Gasteiger partial charge < -0.3 is 0 Å². The fourth-order valence-electron chi connectivity index (χ4n) is 2.75. The average molecular weight is 414 g/mol. The van der Waals surface area contributed by atoms with Crippen molar-refractivity contribution < 1.29 is 8.42 Å². The number of aromatic nitrogens is 1. The van der Waals surface area contributed by atoms with Gasteiger partial charge in [-0.3, -0.25) is 4.98 Å². The van der Waals surface area contributed by atoms with Crippen LogP contribution in [0.15, 0.2) is 53.2 Å². The Bertz CT molecular complexity index is 940. The average Bonchev–Trinajstić information content (AvgIpc) is 2.50. The quantitative estimate of drug-likeness (QED) is 0.834. The molecule has 0 fully saturated rings. The van der Waals surface area contributed by atoms with Gasteiger partial charge in [0.25, 0.3) is 0 Å². The van der Waals surface area contributed by atoms with E-state index < -0.39 is 14.8 Å². The van der Waals surface area contributed by atoms with E-state index in [1.807, 2.05) is 24.3 Å². The first kappa shape index (κ1) is 16.6. The number of sulfonamides is 1. The van der Waals surface area contributed by atoms with E-state index in [0.29, 0.717) is 17.0 Å². The number of hydrogen-bond donors (Lipinski definition) is 1. The number of nitrogens with two attached hydrogens (primary N) is 1. The van der Waals surface area contributed by atoms with Crippen LogP contribution < -0.4 is 5.14 Å². The van der Waals surface area contributed by atoms with Crippen LogP contribution in [-0.4, -0.2) is 18.1 Å². The molecule has 0 amide bonds. The lowest BCUT2D eigenvalue weighted by Crippen LogP contribution is -2.44. The van der Waals surface area contributed by atoms with Gasteiger partial charge in [-0.25, -0.2) is 13.6 Å². The third-order valence-electron chi connectivity index (χ3n) is 4.06. The second-order valence-electron chi connectivity index (χ2n) is 5.52. The monoisotopic (exact) mass is 412 g/mol. The highest BCUT2D eigenvalue weighted by atomic mass is 79.9. The Morgan fingerprint density at radius 2 is 2.13 bits per heavy atom. The zero-order valence-corrected chi connectivity index (χ0v) is 15.2. The number of benzene rings is 1. The van der Waals surface area contributed by atoms with E-state index >= 15 is 0 Å². The Labute approximate surface area is 148 Å². The molecule has 0 saturated heterocycles. The molecule has 120 valence electrons. The van der Waals surface area contributed by atoms with Gasteiger partial charge in [0.1, 0.15) is 4.75 Å². The van der Waals surface area contributed by atoms with Gasteiger partial charge in [0.15, 0.2) is 0 Å². The van der Waals surface area contributed by atoms with Crippen LogP contribution in [0, 0.1) is 0 Å². The standard InChI is InChI=1S/C16H14BrClN2O2S/c17-12-4-7-16(8-5-12,23(19,21)22)10-11-6-9-20-15-13(11)2-1-3-14(15)18/h1-7,9H,8,10H2,(H2,19,21,22). The van der Waals surface area contributed by atoms with Crippen molar-refractivity contribution in [2.24, 2.45) is 5.14 Å². The van der Waals surface area contributed by atoms with Gasteiger partial charge in [-0.2, -0.15) is 0 Å². The van der Waals surface area contributed by atoms with Crippen LogP contribution >= 0.6 is 27.5 Å². The fourth-order valence-corrected chi connectivity index (χ4v) is 4.20. The van der Waals surface area contributed by atoms with E-state index in [-0.39, 0.29) is 6.42 Å². The SMILES string of the molecule is NS(=O)(=O)C1(Cc2ccnc3c(Cl)cccc23)C=CC(Br)=CC1. The minimum atomic E-state index is -3.79. The number of primary sulfonamides is 1. The van der Waals surface area contributed by atoms with Crippen LogP contribution in [-0.2, 0) is 16.4 Å². The molecule has 2 N–H and O–H groups in total. The van der Waals surface area contributed by atoms with Crippen molar-refractivity contribution in [2.45, 2.75) is 17.6 Å². The zero-order chi connectivity index (χ0) is 16.7. The maximum atomic E-state index is 12.3. The molecular weight excluding hydrogens is 400 g/mol. The van der Waals surface area contributed by atoms with Gasteiger partial charge in [0.05, 0.1) is 10.5 Å². The highest BCUT2D eigenvalue weighted by Crippen LogP contribution is 2.35. The molecule has 0 radical (unpaired) electrons. The molecule has 4 nitrogen and oxygen atoms in total. The largest absolute Gasteiger partial charge is 0.255 e. The Hall–Kier alpha value is -1.21. The van der Waals surface area contributed by atoms with E-state index in [1.165, 1.54) is 0 Å². The van der Waals surface area contributed by atoms with Crippen molar-refractivity contribution in [3.8, 4) is 0 Å². The maximum Gasteiger partial charge on any atom is 0.219 e. The van der Waals surface area contributed by atoms with Gasteiger partial charge in [-0.05, 0) is 30.5 Å². The number of para-hydroxylation sites is 1. The van der Waals surface area contributed by atoms with E-state index in [4.69, 9.17) is 16.7 Å². The molecule has 1 unspecified atom stereocenters. The molecule has 1 atom stereocenters. The van der Waals surface area contributed by atoms with Crippen molar-refractivity contribution in [3.63, 3.8) is 0 Å². The number of allylic oxidation sites excluding steroid dienone is 3. The first-order chi connectivity index (χ1) is 10.8. The Morgan fingerprint density at radius 1 is 1.35 bits per heavy atom. The van der Waals surface area contributed by atoms with Gasteiger partial charge in [-0.15, -0.1) is 0 Å². The third kappa shape index (κ3) is 3.08. The minimum absolute atomic E-state index is 0.262. The smallest absolute Gasteiger partial charge is 0.219 e. The molecule has 1 aromatic heterocycles. The van der Waals surface area contributed by atoms with Crippen LogP contribution in [0.1, 0.15) is 12.0 Å². The second kappa shape index (κ2) is 6.02. The summed E-state index contributed by atoms with van der Waals surface area (Å²) in [6.07, 6.45) is 7.42. The molecular formula is C16H14BrClN2O2S. The highest BCUT2D eigenvalue weighted by Gasteiger charge is 2.40. The molecule has 0 aliphatic heterocycles. The Morgan fingerprint density at radius 3 is 2.78 bits per heavy atom. The van der Waals surface area contributed by atoms with Crippen molar-refractivity contribution in [1.82, 2.24) is 4.98 Å². The zero-order valence-electron chi connectivity index (χ0n) is 12.0. The molecule has 1 aromatic carbocycles. The van der Waals surface area contributed by atoms with Crippen molar-refractivity contribution in [1.29, 1.82) is 0 Å². The predicted octanol–water partition coefficient (Wildman–Crippen LogP) is 3.70. The minimum Gasteiger partial charge on any atom is -0.255 e. The van der Waals surface area contributed by atoms with E-state index in [9.17, 15) is 8.42 Å². The fraction of sp³-hybridized carbons (Fsp3) is 0.188. The summed E-state index contributed by atoms with van der Waals surface area (Å²) in [6.45, 7) is 0. The lowest BCUT2D eigenvalue weighted by atomic mass is 9.90. The van der Waals surface area contributed by atoms with Crippen molar-refractivity contribution in [2.75, 3.05) is 0 Å². The van der Waals surface area contributed by atoms with Gasteiger partial charge in [-0.1, -0.05) is 57.9 Å². The number of fused-ring (bicyclic) bond motifs is 1. The van der Waals surface area contributed by atoms with Gasteiger partial charge in [0, 0.05) is 16.1 Å². The summed E-state index contributed by atoms with van der Waals surface area (Å²) < 4.78 is 24.2. The number of halogens is 2.